The van der Waals surface area contributed by atoms with Gasteiger partial charge in [0.2, 0.25) is 0 Å². The summed E-state index contributed by atoms with van der Waals surface area (Å²) in [5.74, 6) is 0. The summed E-state index contributed by atoms with van der Waals surface area (Å²) < 4.78 is 190. The molecular formula is C93H210N6O42+6. The molecule has 0 aromatic heterocycles. The van der Waals surface area contributed by atoms with Crippen molar-refractivity contribution >= 4 is 0 Å². The number of hydrogen-bond acceptors (Lipinski definition) is 42. The van der Waals surface area contributed by atoms with Gasteiger partial charge < -0.3 is 231 Å². The number of aliphatic hydroxyl groups is 6. The van der Waals surface area contributed by atoms with E-state index in [-0.39, 0.29) is 60.0 Å². The van der Waals surface area contributed by atoms with Crippen LogP contribution in [0.2, 0.25) is 0 Å². The van der Waals surface area contributed by atoms with Gasteiger partial charge in [0.25, 0.3) is 0 Å². The van der Waals surface area contributed by atoms with Crippen LogP contribution in [0, 0.1) is 0 Å². The van der Waals surface area contributed by atoms with Crippen LogP contribution in [0.4, 0.5) is 0 Å². The third kappa shape index (κ3) is 144. The maximum absolute atomic E-state index is 8.66. The third-order valence-corrected chi connectivity index (χ3v) is 18.7. The average Bonchev–Trinajstić information content (AvgIpc) is 1.02. The van der Waals surface area contributed by atoms with Gasteiger partial charge in [0.1, 0.15) is 152 Å². The molecule has 0 aliphatic carbocycles. The number of rotatable bonds is 117. The van der Waals surface area contributed by atoms with Gasteiger partial charge in [0, 0.05) is 90.4 Å². The Kier molecular flexibility index (Phi) is 156. The van der Waals surface area contributed by atoms with Crippen molar-refractivity contribution in [2.24, 2.45) is 0 Å². The molecule has 0 rings (SSSR count). The summed E-state index contributed by atoms with van der Waals surface area (Å²) in [5.41, 5.74) is 0. The largest absolute Gasteiger partial charge is 0.396 e. The first-order valence-electron chi connectivity index (χ1n) is 50.2. The normalized spacial score (nSPS) is 11.5. The summed E-state index contributed by atoms with van der Waals surface area (Å²) in [4.78, 5) is 8.02. The second-order valence-electron chi connectivity index (χ2n) is 29.9. The Balaban J connectivity index is -0.000000393. The van der Waals surface area contributed by atoms with Crippen LogP contribution in [0.1, 0.15) is 27.2 Å². The Morgan fingerprint density at radius 1 is 0.128 bits per heavy atom. The van der Waals surface area contributed by atoms with E-state index in [4.69, 9.17) is 201 Å². The highest BCUT2D eigenvalue weighted by molar-refractivity contribution is 4.45. The standard InChI is InChI=1S/C21H45NO9.2C18H39NO9.2C12H27NO6.C12H27NO3/c1-23-10-13-29-19-16-26-7-4-22(5-8-27-17-20-30-14-11-24-2)6-9-28-18-21-31-15-12-25-3;1-20-10-13-26-16-23-7-4-19(5-8-24-17-27-14-11-21-2)6-9-25-18-28-15-12-22-3;20-4-10-26-16-13-23-7-1-19(2-8-24-14-17-27-11-5-21)3-9-25-15-18-28-12-6-22;1-14-10-17-7-4-13(5-8-18-11-15-2)6-9-19-12-16-3;14-4-1-7-19-12-13(2-8-17-10-5-15)3-9-18-11-6-16;1-4-14-10-7-13(8-11-15-5-2)9-12-16-6-3/h4-21H2,1-3H3;4-18H2,1-3H3;20-22H,1-18H2;4-12H2,1-3H3;14-16H,1-12H2;4-12H2,1-3H3/p+6. The van der Waals surface area contributed by atoms with E-state index in [1.54, 1.807) is 64.0 Å². The van der Waals surface area contributed by atoms with Crippen LogP contribution in [0.3, 0.4) is 0 Å². The molecule has 0 amide bonds. The first-order valence-corrected chi connectivity index (χ1v) is 50.2. The first-order chi connectivity index (χ1) is 69.6. The minimum atomic E-state index is 0.0218. The topological polar surface area (TPSA) is 480 Å². The van der Waals surface area contributed by atoms with Crippen LogP contribution in [-0.2, 0) is 171 Å². The lowest BCUT2D eigenvalue weighted by Gasteiger charge is -2.20. The zero-order valence-electron chi connectivity index (χ0n) is 89.7. The number of hydrogen-bond donors (Lipinski definition) is 12. The zero-order valence-corrected chi connectivity index (χ0v) is 89.7. The lowest BCUT2D eigenvalue weighted by atomic mass is 10.4. The Morgan fingerprint density at radius 3 is 0.461 bits per heavy atom. The molecule has 0 saturated heterocycles. The molecule has 0 aromatic rings. The molecule has 0 bridgehead atoms. The second-order valence-corrected chi connectivity index (χ2v) is 29.9. The predicted molar refractivity (Wildman–Crippen MR) is 522 cm³/mol. The van der Waals surface area contributed by atoms with E-state index in [0.29, 0.717) is 324 Å². The molecule has 0 aliphatic rings. The van der Waals surface area contributed by atoms with Crippen molar-refractivity contribution in [3.8, 4) is 0 Å². The Morgan fingerprint density at radius 2 is 0.277 bits per heavy atom. The molecule has 0 aromatic carbocycles. The number of ether oxygens (including phenoxy) is 36. The van der Waals surface area contributed by atoms with E-state index in [1.165, 1.54) is 29.4 Å². The van der Waals surface area contributed by atoms with Crippen molar-refractivity contribution in [3.05, 3.63) is 0 Å². The van der Waals surface area contributed by atoms with Crippen LogP contribution in [0.15, 0.2) is 0 Å². The van der Waals surface area contributed by atoms with Crippen molar-refractivity contribution in [2.75, 3.05) is 593 Å². The van der Waals surface area contributed by atoms with Crippen molar-refractivity contribution in [1.82, 2.24) is 0 Å². The van der Waals surface area contributed by atoms with Crippen molar-refractivity contribution < 1.29 is 231 Å². The van der Waals surface area contributed by atoms with Crippen LogP contribution in [0.25, 0.3) is 0 Å². The third-order valence-electron chi connectivity index (χ3n) is 18.7. The fourth-order valence-corrected chi connectivity index (χ4v) is 10.9. The monoisotopic (exact) mass is 2080 g/mol. The predicted octanol–water partition coefficient (Wildman–Crippen LogP) is -9.40. The average molecular weight is 2080 g/mol. The van der Waals surface area contributed by atoms with Crippen LogP contribution >= 0.6 is 0 Å². The number of methoxy groups -OCH3 is 9. The number of aliphatic hydroxyl groups excluding tert-OH is 6. The molecule has 12 N–H and O–H groups in total. The summed E-state index contributed by atoms with van der Waals surface area (Å²) in [6.45, 7) is 52.7. The molecule has 0 aliphatic heterocycles. The first kappa shape index (κ1) is 150. The van der Waals surface area contributed by atoms with Gasteiger partial charge in [0.05, 0.1) is 344 Å². The summed E-state index contributed by atoms with van der Waals surface area (Å²) >= 11 is 0. The van der Waals surface area contributed by atoms with Crippen LogP contribution in [0.5, 0.6) is 0 Å². The van der Waals surface area contributed by atoms with Gasteiger partial charge in [0.15, 0.2) is 6.73 Å². The van der Waals surface area contributed by atoms with E-state index < -0.39 is 0 Å². The Labute approximate surface area is 847 Å². The Bertz CT molecular complexity index is 1760. The van der Waals surface area contributed by atoms with Gasteiger partial charge >= 0.3 is 0 Å². The van der Waals surface area contributed by atoms with E-state index in [9.17, 15) is 0 Å². The van der Waals surface area contributed by atoms with Gasteiger partial charge in [-0.05, 0) is 27.2 Å². The van der Waals surface area contributed by atoms with Crippen molar-refractivity contribution in [1.29, 1.82) is 0 Å². The molecule has 0 unspecified atom stereocenters. The van der Waals surface area contributed by atoms with E-state index in [2.05, 4.69) is 0 Å². The molecule has 0 saturated carbocycles. The molecule has 858 valence electrons. The van der Waals surface area contributed by atoms with Gasteiger partial charge in [-0.1, -0.05) is 0 Å². The molecule has 48 nitrogen and oxygen atoms in total. The quantitative estimate of drug-likeness (QED) is 0.0199. The molecule has 0 radical (unpaired) electrons. The maximum atomic E-state index is 8.66. The highest BCUT2D eigenvalue weighted by Gasteiger charge is 2.16. The molecule has 0 fully saturated rings. The summed E-state index contributed by atoms with van der Waals surface area (Å²) in [6.07, 6.45) is 0.634. The minimum Gasteiger partial charge on any atom is -0.396 e. The fourth-order valence-electron chi connectivity index (χ4n) is 10.9. The van der Waals surface area contributed by atoms with Gasteiger partial charge in [-0.25, -0.2) is 0 Å². The highest BCUT2D eigenvalue weighted by atomic mass is 16.7. The zero-order chi connectivity index (χ0) is 104. The highest BCUT2D eigenvalue weighted by Crippen LogP contribution is 1.90. The maximum Gasteiger partial charge on any atom is 0.181 e. The molecule has 141 heavy (non-hydrogen) atoms. The lowest BCUT2D eigenvalue weighted by molar-refractivity contribution is -0.920. The molecule has 0 spiro atoms. The second kappa shape index (κ2) is 147. The molecule has 48 heteroatoms. The van der Waals surface area contributed by atoms with Gasteiger partial charge in [-0.2, -0.15) is 0 Å². The van der Waals surface area contributed by atoms with E-state index >= 15 is 0 Å². The fraction of sp³-hybridized carbons (Fsp3) is 1.00. The van der Waals surface area contributed by atoms with Crippen molar-refractivity contribution in [3.63, 3.8) is 0 Å². The smallest absolute Gasteiger partial charge is 0.181 e. The summed E-state index contributed by atoms with van der Waals surface area (Å²) in [5, 5.41) is 51.8. The molecular weight excluding hydrogens is 1870 g/mol. The number of nitrogens with one attached hydrogen (secondary N) is 6. The summed E-state index contributed by atoms with van der Waals surface area (Å²) in [7, 11) is 14.7. The van der Waals surface area contributed by atoms with E-state index in [1.807, 2.05) is 20.8 Å². The minimum absolute atomic E-state index is 0.0218. The van der Waals surface area contributed by atoms with Crippen LogP contribution < -0.4 is 29.4 Å². The van der Waals surface area contributed by atoms with Gasteiger partial charge in [-0.15, -0.1) is 0 Å². The molecule has 0 heterocycles. The van der Waals surface area contributed by atoms with Crippen molar-refractivity contribution in [2.45, 2.75) is 27.2 Å². The lowest BCUT2D eigenvalue weighted by Crippen LogP contribution is -3.13. The molecule has 0 atom stereocenters. The number of quaternary nitrogens is 6. The van der Waals surface area contributed by atoms with Gasteiger partial charge in [-0.3, -0.25) is 0 Å². The Hall–Kier alpha value is -1.92. The van der Waals surface area contributed by atoms with Crippen LogP contribution in [-0.4, -0.2) is 623 Å². The SMILES string of the molecule is CCOCC[NH+](CCOCC)CCOCC.COCCOCCOCC[NH+](CCOCCOCCOC)CCOCCOCCOC.COCCOCOCC[NH+](CCOCOCCOC)CCOCOCCOC.COCOCC[NH+](CCOCOC)CCOCOC.OCCCOC[NH+](CCOCCO)CCOCCO.OCCOCCOCC[NH+](CCOCCOCCO)CCOCCOCCO. The summed E-state index contributed by atoms with van der Waals surface area (Å²) in [6, 6.07) is 0. The van der Waals surface area contributed by atoms with E-state index in [0.717, 1.165) is 151 Å².